The van der Waals surface area contributed by atoms with E-state index < -0.39 is 0 Å². The molecule has 51 heavy (non-hydrogen) atoms. The van der Waals surface area contributed by atoms with E-state index >= 15 is 0 Å². The van der Waals surface area contributed by atoms with Crippen LogP contribution in [0.1, 0.15) is 0 Å². The Labute approximate surface area is 295 Å². The highest BCUT2D eigenvalue weighted by molar-refractivity contribution is 7.26. The van der Waals surface area contributed by atoms with Crippen molar-refractivity contribution in [3.8, 4) is 11.4 Å². The highest BCUT2D eigenvalue weighted by atomic mass is 32.1. The van der Waals surface area contributed by atoms with Gasteiger partial charge in [-0.3, -0.25) is 0 Å². The summed E-state index contributed by atoms with van der Waals surface area (Å²) in [6.07, 6.45) is 1.92. The van der Waals surface area contributed by atoms with E-state index in [0.717, 1.165) is 16.2 Å². The molecule has 0 spiro atoms. The monoisotopic (exact) mass is 665 g/mol. The Morgan fingerprint density at radius 1 is 0.373 bits per heavy atom. The maximum atomic E-state index is 4.92. The van der Waals surface area contributed by atoms with Crippen molar-refractivity contribution in [1.82, 2.24) is 14.1 Å². The number of aromatic nitrogens is 3. The second kappa shape index (κ2) is 10.0. The van der Waals surface area contributed by atoms with E-state index in [4.69, 9.17) is 4.98 Å². The largest absolute Gasteiger partial charge is 0.308 e. The van der Waals surface area contributed by atoms with Crippen molar-refractivity contribution in [2.24, 2.45) is 0 Å². The molecule has 0 aliphatic rings. The van der Waals surface area contributed by atoms with Gasteiger partial charge < -0.3 is 9.13 Å². The molecule has 0 saturated carbocycles. The van der Waals surface area contributed by atoms with Gasteiger partial charge in [0.05, 0.1) is 22.1 Å². The summed E-state index contributed by atoms with van der Waals surface area (Å²) < 4.78 is 6.29. The SMILES string of the molecule is c1ccc(-n2c3ccccc3c3c4c(c5ccccc5n4-c4ccc5c6ccccc6c6ccccc6c5c4)c4sc5ncccc5c4c32)cc1. The zero-order valence-corrected chi connectivity index (χ0v) is 28.2. The van der Waals surface area contributed by atoms with Gasteiger partial charge in [0.1, 0.15) is 4.83 Å². The second-order valence-corrected chi connectivity index (χ2v) is 14.5. The van der Waals surface area contributed by atoms with Gasteiger partial charge >= 0.3 is 0 Å². The number of rotatable bonds is 2. The Morgan fingerprint density at radius 3 is 1.53 bits per heavy atom. The molecule has 4 aromatic heterocycles. The van der Waals surface area contributed by atoms with E-state index in [-0.39, 0.29) is 0 Å². The molecular weight excluding hydrogens is 639 g/mol. The predicted molar refractivity (Wildman–Crippen MR) is 218 cm³/mol. The van der Waals surface area contributed by atoms with Crippen LogP contribution in [0.2, 0.25) is 0 Å². The Kier molecular flexibility index (Phi) is 5.38. The lowest BCUT2D eigenvalue weighted by atomic mass is 9.94. The number of benzene rings is 8. The maximum Gasteiger partial charge on any atom is 0.124 e. The van der Waals surface area contributed by atoms with Crippen molar-refractivity contribution in [3.63, 3.8) is 0 Å². The van der Waals surface area contributed by atoms with Gasteiger partial charge in [0.15, 0.2) is 0 Å². The third-order valence-corrected chi connectivity index (χ3v) is 12.0. The lowest BCUT2D eigenvalue weighted by molar-refractivity contribution is 1.18. The van der Waals surface area contributed by atoms with Gasteiger partial charge in [-0.1, -0.05) is 109 Å². The summed E-state index contributed by atoms with van der Waals surface area (Å²) in [5, 5.41) is 15.2. The van der Waals surface area contributed by atoms with Gasteiger partial charge in [-0.05, 0) is 80.8 Å². The fourth-order valence-electron chi connectivity index (χ4n) is 8.91. The van der Waals surface area contributed by atoms with Crippen LogP contribution in [0.15, 0.2) is 164 Å². The van der Waals surface area contributed by atoms with Gasteiger partial charge in [-0.2, -0.15) is 0 Å². The molecule has 0 amide bonds. The van der Waals surface area contributed by atoms with Crippen molar-refractivity contribution in [2.75, 3.05) is 0 Å². The number of pyridine rings is 1. The molecule has 236 valence electrons. The Bertz CT molecular complexity index is 3380. The van der Waals surface area contributed by atoms with E-state index in [2.05, 4.69) is 167 Å². The van der Waals surface area contributed by atoms with E-state index in [9.17, 15) is 0 Å². The summed E-state index contributed by atoms with van der Waals surface area (Å²) in [6, 6.07) is 57.8. The molecule has 0 atom stereocenters. The minimum atomic E-state index is 1.06. The Morgan fingerprint density at radius 2 is 0.863 bits per heavy atom. The molecule has 0 radical (unpaired) electrons. The first kappa shape index (κ1) is 27.3. The van der Waals surface area contributed by atoms with Gasteiger partial charge in [-0.25, -0.2) is 4.98 Å². The zero-order chi connectivity index (χ0) is 33.2. The van der Waals surface area contributed by atoms with Crippen molar-refractivity contribution in [2.45, 2.75) is 0 Å². The molecule has 0 aliphatic heterocycles. The predicted octanol–water partition coefficient (Wildman–Crippen LogP) is 13.1. The summed E-state index contributed by atoms with van der Waals surface area (Å²) in [5.74, 6) is 0. The quantitative estimate of drug-likeness (QED) is 0.169. The number of hydrogen-bond acceptors (Lipinski definition) is 2. The van der Waals surface area contributed by atoms with E-state index in [0.29, 0.717) is 0 Å². The minimum absolute atomic E-state index is 1.06. The third-order valence-electron chi connectivity index (χ3n) is 10.9. The molecule has 0 bridgehead atoms. The van der Waals surface area contributed by atoms with Gasteiger partial charge in [-0.15, -0.1) is 11.3 Å². The Balaban J connectivity index is 1.36. The smallest absolute Gasteiger partial charge is 0.124 e. The molecule has 3 nitrogen and oxygen atoms in total. The van der Waals surface area contributed by atoms with Gasteiger partial charge in [0, 0.05) is 54.6 Å². The first-order valence-electron chi connectivity index (χ1n) is 17.4. The van der Waals surface area contributed by atoms with Crippen LogP contribution in [0.4, 0.5) is 0 Å². The molecule has 12 aromatic rings. The van der Waals surface area contributed by atoms with E-state index in [1.165, 1.54) is 91.4 Å². The van der Waals surface area contributed by atoms with Crippen molar-refractivity contribution >= 4 is 108 Å². The van der Waals surface area contributed by atoms with Gasteiger partial charge in [0.25, 0.3) is 0 Å². The summed E-state index contributed by atoms with van der Waals surface area (Å²) in [6.45, 7) is 0. The summed E-state index contributed by atoms with van der Waals surface area (Å²) in [5.41, 5.74) is 7.17. The standard InChI is InChI=1S/C47H27N3S/c1-2-13-28(14-3-1)49-39-22-10-8-19-35(39)41-44-42(46-43(45(41)49)37-21-12-26-48-47(37)51-46)36-20-9-11-23-40(36)50(44)29-24-25-34-32-17-5-4-15-30(32)31-16-6-7-18-33(31)38(34)27-29/h1-27H. The molecule has 0 unspecified atom stereocenters. The van der Waals surface area contributed by atoms with Crippen molar-refractivity contribution in [1.29, 1.82) is 0 Å². The van der Waals surface area contributed by atoms with Crippen molar-refractivity contribution in [3.05, 3.63) is 164 Å². The summed E-state index contributed by atoms with van der Waals surface area (Å²) in [7, 11) is 0. The molecular formula is C47H27N3S. The second-order valence-electron chi connectivity index (χ2n) is 13.5. The Hall–Kier alpha value is -6.49. The van der Waals surface area contributed by atoms with Crippen LogP contribution in [0.5, 0.6) is 0 Å². The average molecular weight is 666 g/mol. The average Bonchev–Trinajstić information content (AvgIpc) is 3.86. The highest BCUT2D eigenvalue weighted by Gasteiger charge is 2.27. The fourth-order valence-corrected chi connectivity index (χ4v) is 10.1. The summed E-state index contributed by atoms with van der Waals surface area (Å²) in [4.78, 5) is 5.99. The van der Waals surface area contributed by atoms with E-state index in [1.54, 1.807) is 0 Å². The van der Waals surface area contributed by atoms with Crippen LogP contribution in [0.25, 0.3) is 108 Å². The third kappa shape index (κ3) is 3.54. The number of thiophene rings is 1. The number of fused-ring (bicyclic) bond motifs is 18. The molecule has 4 heteroatoms. The first-order chi connectivity index (χ1) is 25.3. The maximum absolute atomic E-state index is 4.92. The van der Waals surface area contributed by atoms with Gasteiger partial charge in [0.2, 0.25) is 0 Å². The minimum Gasteiger partial charge on any atom is -0.308 e. The number of para-hydroxylation sites is 3. The topological polar surface area (TPSA) is 22.8 Å². The first-order valence-corrected chi connectivity index (χ1v) is 18.2. The molecule has 4 heterocycles. The lowest BCUT2D eigenvalue weighted by Gasteiger charge is -2.14. The van der Waals surface area contributed by atoms with Crippen molar-refractivity contribution < 1.29 is 0 Å². The number of nitrogens with zero attached hydrogens (tertiary/aromatic N) is 3. The van der Waals surface area contributed by atoms with Crippen LogP contribution in [-0.4, -0.2) is 14.1 Å². The normalized spacial score (nSPS) is 12.3. The molecule has 0 N–H and O–H groups in total. The van der Waals surface area contributed by atoms with Crippen LogP contribution >= 0.6 is 11.3 Å². The highest BCUT2D eigenvalue weighted by Crippen LogP contribution is 2.51. The lowest BCUT2D eigenvalue weighted by Crippen LogP contribution is -1.96. The van der Waals surface area contributed by atoms with Crippen LogP contribution in [0, 0.1) is 0 Å². The molecule has 8 aromatic carbocycles. The number of hydrogen-bond donors (Lipinski definition) is 0. The van der Waals surface area contributed by atoms with Crippen LogP contribution in [0.3, 0.4) is 0 Å². The molecule has 0 fully saturated rings. The van der Waals surface area contributed by atoms with Crippen LogP contribution in [-0.2, 0) is 0 Å². The fraction of sp³-hybridized carbons (Fsp3) is 0. The zero-order valence-electron chi connectivity index (χ0n) is 27.3. The molecule has 0 aliphatic carbocycles. The van der Waals surface area contributed by atoms with Crippen LogP contribution < -0.4 is 0 Å². The summed E-state index contributed by atoms with van der Waals surface area (Å²) >= 11 is 1.81. The molecule has 12 rings (SSSR count). The molecule has 0 saturated heterocycles. The van der Waals surface area contributed by atoms with E-state index in [1.807, 2.05) is 17.5 Å².